The summed E-state index contributed by atoms with van der Waals surface area (Å²) >= 11 is 0. The van der Waals surface area contributed by atoms with Crippen molar-refractivity contribution in [2.24, 2.45) is 23.7 Å². The fraction of sp³-hybridized carbons (Fsp3) is 1.00. The van der Waals surface area contributed by atoms with Gasteiger partial charge < -0.3 is 4.74 Å². The van der Waals surface area contributed by atoms with Crippen molar-refractivity contribution in [3.8, 4) is 0 Å². The Hall–Kier alpha value is -0.0400. The molecule has 3 saturated carbocycles. The molecule has 4 atom stereocenters. The minimum absolute atomic E-state index is 0.591. The first-order valence-corrected chi connectivity index (χ1v) is 5.75. The molecule has 2 bridgehead atoms. The molecular formula is C12H22O. The monoisotopic (exact) mass is 182 g/mol. The van der Waals surface area contributed by atoms with E-state index in [0.717, 1.165) is 23.7 Å². The van der Waals surface area contributed by atoms with Crippen molar-refractivity contribution < 1.29 is 4.74 Å². The van der Waals surface area contributed by atoms with Gasteiger partial charge in [0, 0.05) is 7.11 Å². The summed E-state index contributed by atoms with van der Waals surface area (Å²) in [6.07, 6.45) is 6.25. The highest BCUT2D eigenvalue weighted by Crippen LogP contribution is 2.48. The first kappa shape index (κ1) is 9.51. The normalized spacial score (nSPS) is 44.3. The molecule has 0 radical (unpaired) electrons. The van der Waals surface area contributed by atoms with Gasteiger partial charge in [0.15, 0.2) is 0 Å². The summed E-state index contributed by atoms with van der Waals surface area (Å²) in [6, 6.07) is 0. The van der Waals surface area contributed by atoms with Crippen LogP contribution in [-0.2, 0) is 4.74 Å². The summed E-state index contributed by atoms with van der Waals surface area (Å²) in [6.45, 7) is 4.76. The molecule has 4 unspecified atom stereocenters. The second-order valence-electron chi connectivity index (χ2n) is 5.25. The molecule has 1 nitrogen and oxygen atoms in total. The summed E-state index contributed by atoms with van der Waals surface area (Å²) in [4.78, 5) is 0. The van der Waals surface area contributed by atoms with Crippen LogP contribution >= 0.6 is 0 Å². The molecule has 0 N–H and O–H groups in total. The molecule has 0 aromatic carbocycles. The van der Waals surface area contributed by atoms with E-state index in [1.807, 2.05) is 7.11 Å². The lowest BCUT2D eigenvalue weighted by Gasteiger charge is -2.48. The Morgan fingerprint density at radius 3 is 2.23 bits per heavy atom. The molecule has 0 aliphatic heterocycles. The number of methoxy groups -OCH3 is 1. The molecule has 0 heterocycles. The fourth-order valence-electron chi connectivity index (χ4n) is 3.53. The number of hydrogen-bond acceptors (Lipinski definition) is 1. The third-order valence-electron chi connectivity index (χ3n) is 4.31. The van der Waals surface area contributed by atoms with E-state index >= 15 is 0 Å². The van der Waals surface area contributed by atoms with Crippen LogP contribution in [0.2, 0.25) is 0 Å². The minimum atomic E-state index is 0.591. The maximum atomic E-state index is 5.55. The van der Waals surface area contributed by atoms with Crippen molar-refractivity contribution in [3.05, 3.63) is 0 Å². The molecule has 0 spiro atoms. The zero-order valence-corrected chi connectivity index (χ0v) is 9.12. The molecule has 13 heavy (non-hydrogen) atoms. The molecule has 0 aromatic heterocycles. The lowest BCUT2D eigenvalue weighted by atomic mass is 9.60. The number of rotatable bonds is 2. The van der Waals surface area contributed by atoms with Crippen molar-refractivity contribution in [1.29, 1.82) is 0 Å². The lowest BCUT2D eigenvalue weighted by molar-refractivity contribution is -0.0651. The molecule has 3 rings (SSSR count). The maximum absolute atomic E-state index is 5.55. The van der Waals surface area contributed by atoms with Gasteiger partial charge in [-0.3, -0.25) is 0 Å². The Morgan fingerprint density at radius 2 is 1.77 bits per heavy atom. The highest BCUT2D eigenvalue weighted by atomic mass is 16.5. The predicted molar refractivity (Wildman–Crippen MR) is 54.6 cm³/mol. The highest BCUT2D eigenvalue weighted by molar-refractivity contribution is 4.92. The number of hydrogen-bond donors (Lipinski definition) is 0. The van der Waals surface area contributed by atoms with E-state index < -0.39 is 0 Å². The first-order chi connectivity index (χ1) is 6.22. The van der Waals surface area contributed by atoms with E-state index in [9.17, 15) is 0 Å². The smallest absolute Gasteiger partial charge is 0.0602 e. The van der Waals surface area contributed by atoms with Crippen molar-refractivity contribution >= 4 is 0 Å². The quantitative estimate of drug-likeness (QED) is 0.637. The summed E-state index contributed by atoms with van der Waals surface area (Å²) in [7, 11) is 1.88. The van der Waals surface area contributed by atoms with Crippen LogP contribution in [0.5, 0.6) is 0 Å². The predicted octanol–water partition coefficient (Wildman–Crippen LogP) is 3.09. The molecule has 0 aromatic rings. The average Bonchev–Trinajstić information content (AvgIpc) is 2.18. The lowest BCUT2D eigenvalue weighted by Crippen LogP contribution is -2.43. The average molecular weight is 182 g/mol. The van der Waals surface area contributed by atoms with E-state index in [1.165, 1.54) is 25.7 Å². The van der Waals surface area contributed by atoms with E-state index in [2.05, 4.69) is 13.8 Å². The van der Waals surface area contributed by atoms with Gasteiger partial charge >= 0.3 is 0 Å². The summed E-state index contributed by atoms with van der Waals surface area (Å²) in [5, 5.41) is 0. The molecule has 3 aliphatic rings. The summed E-state index contributed by atoms with van der Waals surface area (Å²) < 4.78 is 5.55. The third kappa shape index (κ3) is 1.63. The van der Waals surface area contributed by atoms with Gasteiger partial charge in [0.1, 0.15) is 0 Å². The van der Waals surface area contributed by atoms with Gasteiger partial charge in [0.05, 0.1) is 6.10 Å². The van der Waals surface area contributed by atoms with E-state index in [1.54, 1.807) is 0 Å². The summed E-state index contributed by atoms with van der Waals surface area (Å²) in [5.74, 6) is 3.72. The standard InChI is InChI=1S/C12H22O/c1-8(2)11-6-10-5-4-9(11)7-12(10)13-3/h8-12H,4-7H2,1-3H3. The van der Waals surface area contributed by atoms with Crippen LogP contribution in [0.1, 0.15) is 39.5 Å². The van der Waals surface area contributed by atoms with Gasteiger partial charge in [-0.2, -0.15) is 0 Å². The van der Waals surface area contributed by atoms with Gasteiger partial charge in [-0.1, -0.05) is 13.8 Å². The molecular weight excluding hydrogens is 160 g/mol. The molecule has 3 aliphatic carbocycles. The van der Waals surface area contributed by atoms with Crippen LogP contribution in [0.25, 0.3) is 0 Å². The van der Waals surface area contributed by atoms with Crippen LogP contribution < -0.4 is 0 Å². The fourth-order valence-corrected chi connectivity index (χ4v) is 3.53. The maximum Gasteiger partial charge on any atom is 0.0602 e. The Labute approximate surface area is 81.9 Å². The van der Waals surface area contributed by atoms with E-state index in [4.69, 9.17) is 4.74 Å². The van der Waals surface area contributed by atoms with Crippen molar-refractivity contribution in [1.82, 2.24) is 0 Å². The molecule has 0 saturated heterocycles. The Balaban J connectivity index is 2.03. The Bertz CT molecular complexity index is 176. The van der Waals surface area contributed by atoms with E-state index in [0.29, 0.717) is 6.10 Å². The highest BCUT2D eigenvalue weighted by Gasteiger charge is 2.42. The zero-order valence-electron chi connectivity index (χ0n) is 9.12. The largest absolute Gasteiger partial charge is 0.381 e. The molecule has 1 heteroatoms. The van der Waals surface area contributed by atoms with E-state index in [-0.39, 0.29) is 0 Å². The second kappa shape index (κ2) is 3.61. The first-order valence-electron chi connectivity index (χ1n) is 5.75. The third-order valence-corrected chi connectivity index (χ3v) is 4.31. The second-order valence-corrected chi connectivity index (χ2v) is 5.25. The van der Waals surface area contributed by atoms with Gasteiger partial charge in [-0.25, -0.2) is 0 Å². The SMILES string of the molecule is COC1CC2CCC1CC2C(C)C. The van der Waals surface area contributed by atoms with Crippen molar-refractivity contribution in [2.45, 2.75) is 45.6 Å². The topological polar surface area (TPSA) is 9.23 Å². The van der Waals surface area contributed by atoms with Crippen molar-refractivity contribution in [2.75, 3.05) is 7.11 Å². The number of fused-ring (bicyclic) bond motifs is 3. The van der Waals surface area contributed by atoms with Crippen molar-refractivity contribution in [3.63, 3.8) is 0 Å². The van der Waals surface area contributed by atoms with Crippen LogP contribution in [0.4, 0.5) is 0 Å². The molecule has 3 fully saturated rings. The van der Waals surface area contributed by atoms with Gasteiger partial charge in [0.2, 0.25) is 0 Å². The van der Waals surface area contributed by atoms with Crippen LogP contribution in [0, 0.1) is 23.7 Å². The zero-order chi connectivity index (χ0) is 9.42. The van der Waals surface area contributed by atoms with Crippen LogP contribution in [0.15, 0.2) is 0 Å². The van der Waals surface area contributed by atoms with Crippen LogP contribution in [0.3, 0.4) is 0 Å². The van der Waals surface area contributed by atoms with Crippen LogP contribution in [-0.4, -0.2) is 13.2 Å². The van der Waals surface area contributed by atoms with Gasteiger partial charge in [-0.15, -0.1) is 0 Å². The Kier molecular flexibility index (Phi) is 2.64. The summed E-state index contributed by atoms with van der Waals surface area (Å²) in [5.41, 5.74) is 0. The number of ether oxygens (including phenoxy) is 1. The van der Waals surface area contributed by atoms with Gasteiger partial charge in [-0.05, 0) is 49.4 Å². The minimum Gasteiger partial charge on any atom is -0.381 e. The van der Waals surface area contributed by atoms with Gasteiger partial charge in [0.25, 0.3) is 0 Å². The molecule has 0 amide bonds. The molecule has 76 valence electrons. The Morgan fingerprint density at radius 1 is 1.08 bits per heavy atom.